The van der Waals surface area contributed by atoms with Crippen LogP contribution in [0.3, 0.4) is 0 Å². The highest BCUT2D eigenvalue weighted by Crippen LogP contribution is 2.12. The molecule has 1 N–H and O–H groups in total. The molecule has 0 atom stereocenters. The molecule has 1 fully saturated rings. The molecular weight excluding hydrogens is 62.1 g/mol. The van der Waals surface area contributed by atoms with Crippen molar-refractivity contribution in [2.45, 2.75) is 18.9 Å². The zero-order valence-electron chi connectivity index (χ0n) is 3.20. The minimum Gasteiger partial charge on any atom is -0.332 e. The highest BCUT2D eigenvalue weighted by molar-refractivity contribution is 4.68. The lowest BCUT2D eigenvalue weighted by atomic mass is 10.7. The van der Waals surface area contributed by atoms with Gasteiger partial charge in [0.1, 0.15) is 6.04 Å². The molecule has 1 radical (unpaired) electrons. The van der Waals surface area contributed by atoms with E-state index in [1.165, 1.54) is 12.8 Å². The van der Waals surface area contributed by atoms with Crippen molar-refractivity contribution in [3.05, 3.63) is 7.05 Å². The van der Waals surface area contributed by atoms with Crippen LogP contribution in [0.15, 0.2) is 0 Å². The summed E-state index contributed by atoms with van der Waals surface area (Å²) in [6, 6.07) is 0.773. The molecule has 5 heavy (non-hydrogen) atoms. The Morgan fingerprint density at radius 3 is 2.20 bits per heavy atom. The lowest BCUT2D eigenvalue weighted by molar-refractivity contribution is -0.610. The predicted molar refractivity (Wildman–Crippen MR) is 19.3 cm³/mol. The summed E-state index contributed by atoms with van der Waals surface area (Å²) in [5, 5.41) is 2.89. The van der Waals surface area contributed by atoms with E-state index >= 15 is 0 Å². The Hall–Kier alpha value is -0.0400. The fraction of sp³-hybridized carbons (Fsp3) is 0.750. The molecule has 0 aromatic rings. The molecule has 0 saturated heterocycles. The van der Waals surface area contributed by atoms with Crippen molar-refractivity contribution in [1.29, 1.82) is 0 Å². The van der Waals surface area contributed by atoms with Crippen molar-refractivity contribution >= 4 is 0 Å². The van der Waals surface area contributed by atoms with Gasteiger partial charge in [0.05, 0.1) is 0 Å². The average molecular weight is 70.1 g/mol. The van der Waals surface area contributed by atoms with E-state index in [-0.39, 0.29) is 0 Å². The van der Waals surface area contributed by atoms with E-state index in [0.29, 0.717) is 0 Å². The summed E-state index contributed by atoms with van der Waals surface area (Å²) in [7, 11) is 3.50. The van der Waals surface area contributed by atoms with Crippen LogP contribution in [0.25, 0.3) is 0 Å². The fourth-order valence-electron chi connectivity index (χ4n) is 0.287. The van der Waals surface area contributed by atoms with Gasteiger partial charge in [-0.2, -0.15) is 0 Å². The smallest absolute Gasteiger partial charge is 0.103 e. The molecule has 1 saturated carbocycles. The quantitative estimate of drug-likeness (QED) is 0.392. The summed E-state index contributed by atoms with van der Waals surface area (Å²) in [6.45, 7) is 0. The van der Waals surface area contributed by atoms with Crippen LogP contribution in [0.2, 0.25) is 0 Å². The van der Waals surface area contributed by atoms with E-state index in [9.17, 15) is 0 Å². The van der Waals surface area contributed by atoms with E-state index in [1.807, 2.05) is 0 Å². The lowest BCUT2D eigenvalue weighted by Gasteiger charge is -1.78. The standard InChI is InChI=1S/C4H8N/c1-5-4-2-3-4/h4-5H,1-3H2. The maximum absolute atomic E-state index is 3.50. The highest BCUT2D eigenvalue weighted by Gasteiger charge is 2.22. The monoisotopic (exact) mass is 70.1 g/mol. The van der Waals surface area contributed by atoms with Gasteiger partial charge in [0.15, 0.2) is 0 Å². The Morgan fingerprint density at radius 1 is 1.60 bits per heavy atom. The van der Waals surface area contributed by atoms with Crippen molar-refractivity contribution in [3.8, 4) is 0 Å². The molecular formula is C4H8N. The number of rotatable bonds is 1. The first-order chi connectivity index (χ1) is 2.43. The van der Waals surface area contributed by atoms with Crippen molar-refractivity contribution in [1.82, 2.24) is 0 Å². The van der Waals surface area contributed by atoms with Gasteiger partial charge in [-0.05, 0) is 0 Å². The van der Waals surface area contributed by atoms with Crippen molar-refractivity contribution in [2.24, 2.45) is 0 Å². The summed E-state index contributed by atoms with van der Waals surface area (Å²) in [6.07, 6.45) is 2.67. The second-order valence-corrected chi connectivity index (χ2v) is 1.48. The van der Waals surface area contributed by atoms with Crippen LogP contribution in [-0.4, -0.2) is 6.04 Å². The molecule has 0 spiro atoms. The van der Waals surface area contributed by atoms with Gasteiger partial charge in [-0.3, -0.25) is 0 Å². The summed E-state index contributed by atoms with van der Waals surface area (Å²) >= 11 is 0. The topological polar surface area (TPSA) is 15.6 Å². The van der Waals surface area contributed by atoms with E-state index in [0.717, 1.165) is 6.04 Å². The SMILES string of the molecule is [CH2-][NH+]C1CC1. The molecule has 1 aliphatic rings. The van der Waals surface area contributed by atoms with Gasteiger partial charge >= 0.3 is 0 Å². The first-order valence-electron chi connectivity index (χ1n) is 1.96. The van der Waals surface area contributed by atoms with Crippen molar-refractivity contribution < 1.29 is 5.32 Å². The Morgan fingerprint density at radius 2 is 2.20 bits per heavy atom. The third-order valence-corrected chi connectivity index (χ3v) is 0.866. The Labute approximate surface area is 32.4 Å². The van der Waals surface area contributed by atoms with Gasteiger partial charge < -0.3 is 5.32 Å². The molecule has 0 unspecified atom stereocenters. The van der Waals surface area contributed by atoms with Gasteiger partial charge in [-0.25, -0.2) is 0 Å². The first-order valence-corrected chi connectivity index (χ1v) is 1.96. The number of hydrogen-bond acceptors (Lipinski definition) is 1. The van der Waals surface area contributed by atoms with E-state index < -0.39 is 0 Å². The average Bonchev–Trinajstić information content (AvgIpc) is 2.12. The molecule has 29 valence electrons. The number of hydrogen-bond donors (Lipinski definition) is 1. The van der Waals surface area contributed by atoms with E-state index in [2.05, 4.69) is 12.4 Å². The molecule has 0 aliphatic heterocycles. The number of nitrogens with one attached hydrogen (secondary N) is 1. The minimum atomic E-state index is 0.773. The van der Waals surface area contributed by atoms with Crippen LogP contribution >= 0.6 is 0 Å². The van der Waals surface area contributed by atoms with E-state index in [4.69, 9.17) is 0 Å². The molecule has 0 bridgehead atoms. The lowest BCUT2D eigenvalue weighted by Crippen LogP contribution is -2.78. The molecule has 0 amide bonds. The van der Waals surface area contributed by atoms with Gasteiger partial charge in [0, 0.05) is 12.8 Å². The van der Waals surface area contributed by atoms with Gasteiger partial charge in [0.2, 0.25) is 0 Å². The van der Waals surface area contributed by atoms with Crippen LogP contribution in [0.4, 0.5) is 0 Å². The normalized spacial score (nSPS) is 23.4. The highest BCUT2D eigenvalue weighted by atomic mass is 14.9. The predicted octanol–water partition coefficient (Wildman–Crippen LogP) is -0.710. The van der Waals surface area contributed by atoms with Gasteiger partial charge in [-0.15, -0.1) is 7.05 Å². The van der Waals surface area contributed by atoms with Crippen LogP contribution in [0, 0.1) is 7.05 Å². The van der Waals surface area contributed by atoms with Crippen LogP contribution < -0.4 is 5.32 Å². The van der Waals surface area contributed by atoms with Crippen molar-refractivity contribution in [3.63, 3.8) is 0 Å². The Bertz CT molecular complexity index is 30.6. The molecule has 1 nitrogen and oxygen atoms in total. The zero-order chi connectivity index (χ0) is 3.70. The third kappa shape index (κ3) is 0.618. The second kappa shape index (κ2) is 0.977. The molecule has 1 rings (SSSR count). The van der Waals surface area contributed by atoms with Crippen LogP contribution in [0.5, 0.6) is 0 Å². The molecule has 0 aromatic heterocycles. The Kier molecular flexibility index (Phi) is 0.618. The molecule has 0 aromatic carbocycles. The van der Waals surface area contributed by atoms with Crippen LogP contribution in [-0.2, 0) is 0 Å². The van der Waals surface area contributed by atoms with Gasteiger partial charge in [0.25, 0.3) is 0 Å². The molecule has 0 heterocycles. The zero-order valence-corrected chi connectivity index (χ0v) is 3.20. The molecule has 1 aliphatic carbocycles. The summed E-state index contributed by atoms with van der Waals surface area (Å²) in [4.78, 5) is 0. The Balaban J connectivity index is 2.00. The second-order valence-electron chi connectivity index (χ2n) is 1.48. The maximum Gasteiger partial charge on any atom is 0.103 e. The maximum atomic E-state index is 3.50. The molecule has 1 heteroatoms. The van der Waals surface area contributed by atoms with Crippen LogP contribution in [0.1, 0.15) is 12.8 Å². The summed E-state index contributed by atoms with van der Waals surface area (Å²) < 4.78 is 0. The van der Waals surface area contributed by atoms with E-state index in [1.54, 1.807) is 0 Å². The summed E-state index contributed by atoms with van der Waals surface area (Å²) in [5.41, 5.74) is 0. The summed E-state index contributed by atoms with van der Waals surface area (Å²) in [5.74, 6) is 0. The minimum absolute atomic E-state index is 0.773. The largest absolute Gasteiger partial charge is 0.332 e. The fourth-order valence-corrected chi connectivity index (χ4v) is 0.287. The van der Waals surface area contributed by atoms with Crippen molar-refractivity contribution in [2.75, 3.05) is 0 Å². The third-order valence-electron chi connectivity index (χ3n) is 0.866. The van der Waals surface area contributed by atoms with Gasteiger partial charge in [-0.1, -0.05) is 0 Å². The first kappa shape index (κ1) is 3.16.